The molecule has 1 atom stereocenters. The Kier molecular flexibility index (Phi) is 13.4. The molecule has 0 bridgehead atoms. The fraction of sp³-hybridized carbons (Fsp3) is 0.588. The van der Waals surface area contributed by atoms with Gasteiger partial charge in [-0.25, -0.2) is 0 Å². The molecule has 1 amide bonds. The first-order valence-corrected chi connectivity index (χ1v) is 7.79. The first-order chi connectivity index (χ1) is 9.97. The van der Waals surface area contributed by atoms with Crippen molar-refractivity contribution in [3.8, 4) is 0 Å². The smallest absolute Gasteiger partial charge is 0.251 e. The minimum absolute atomic E-state index is 0. The van der Waals surface area contributed by atoms with E-state index in [9.17, 15) is 4.79 Å². The van der Waals surface area contributed by atoms with Gasteiger partial charge in [-0.2, -0.15) is 0 Å². The summed E-state index contributed by atoms with van der Waals surface area (Å²) in [6.07, 6.45) is 0. The minimum atomic E-state index is -0.0296. The van der Waals surface area contributed by atoms with Crippen molar-refractivity contribution in [2.75, 3.05) is 19.6 Å². The summed E-state index contributed by atoms with van der Waals surface area (Å²) < 4.78 is 0. The summed E-state index contributed by atoms with van der Waals surface area (Å²) in [4.78, 5) is 14.4. The molecule has 1 aromatic rings. The van der Waals surface area contributed by atoms with Crippen LogP contribution < -0.4 is 11.1 Å². The van der Waals surface area contributed by atoms with Gasteiger partial charge in [0.25, 0.3) is 5.91 Å². The predicted molar refractivity (Wildman–Crippen MR) is 103 cm³/mol. The van der Waals surface area contributed by atoms with E-state index in [4.69, 9.17) is 5.73 Å². The SMILES string of the molecule is CCN(Cc1ccc(C(=O)NCC(C)CN)cc1)C(C)C.Cl.Cl. The fourth-order valence-corrected chi connectivity index (χ4v) is 2.11. The number of amides is 1. The highest BCUT2D eigenvalue weighted by Gasteiger charge is 2.10. The second kappa shape index (κ2) is 12.6. The number of halogens is 2. The molecule has 0 saturated heterocycles. The Morgan fingerprint density at radius 3 is 2.17 bits per heavy atom. The molecule has 1 aromatic carbocycles. The lowest BCUT2D eigenvalue weighted by molar-refractivity contribution is 0.0948. The number of nitrogens with two attached hydrogens (primary N) is 1. The van der Waals surface area contributed by atoms with E-state index in [1.165, 1.54) is 5.56 Å². The Morgan fingerprint density at radius 2 is 1.74 bits per heavy atom. The lowest BCUT2D eigenvalue weighted by Crippen LogP contribution is -2.31. The average molecular weight is 364 g/mol. The topological polar surface area (TPSA) is 58.4 Å². The predicted octanol–water partition coefficient (Wildman–Crippen LogP) is 3.09. The van der Waals surface area contributed by atoms with Gasteiger partial charge in [-0.1, -0.05) is 26.0 Å². The molecule has 1 rings (SSSR count). The summed E-state index contributed by atoms with van der Waals surface area (Å²) >= 11 is 0. The van der Waals surface area contributed by atoms with Crippen LogP contribution >= 0.6 is 24.8 Å². The van der Waals surface area contributed by atoms with Gasteiger partial charge in [0.05, 0.1) is 0 Å². The molecule has 0 radical (unpaired) electrons. The molecule has 6 heteroatoms. The lowest BCUT2D eigenvalue weighted by Gasteiger charge is -2.24. The molecule has 0 aliphatic carbocycles. The Labute approximate surface area is 153 Å². The van der Waals surface area contributed by atoms with Crippen LogP contribution in [0.3, 0.4) is 0 Å². The molecule has 134 valence electrons. The van der Waals surface area contributed by atoms with Crippen molar-refractivity contribution >= 4 is 30.7 Å². The van der Waals surface area contributed by atoms with E-state index in [2.05, 4.69) is 31.0 Å². The van der Waals surface area contributed by atoms with Gasteiger partial charge in [0.15, 0.2) is 0 Å². The van der Waals surface area contributed by atoms with Gasteiger partial charge in [0, 0.05) is 24.7 Å². The van der Waals surface area contributed by atoms with Crippen molar-refractivity contribution in [3.05, 3.63) is 35.4 Å². The normalized spacial score (nSPS) is 11.6. The average Bonchev–Trinajstić information content (AvgIpc) is 2.50. The van der Waals surface area contributed by atoms with E-state index in [0.29, 0.717) is 30.6 Å². The summed E-state index contributed by atoms with van der Waals surface area (Å²) in [5.41, 5.74) is 7.48. The van der Waals surface area contributed by atoms with Crippen LogP contribution in [0.25, 0.3) is 0 Å². The zero-order valence-electron chi connectivity index (χ0n) is 14.5. The molecule has 0 heterocycles. The Bertz CT molecular complexity index is 438. The van der Waals surface area contributed by atoms with Crippen molar-refractivity contribution in [2.45, 2.75) is 40.3 Å². The van der Waals surface area contributed by atoms with Gasteiger partial charge in [-0.05, 0) is 50.6 Å². The van der Waals surface area contributed by atoms with Crippen molar-refractivity contribution in [1.29, 1.82) is 0 Å². The second-order valence-corrected chi connectivity index (χ2v) is 5.90. The minimum Gasteiger partial charge on any atom is -0.352 e. The number of benzene rings is 1. The third-order valence-corrected chi connectivity index (χ3v) is 3.75. The van der Waals surface area contributed by atoms with Crippen molar-refractivity contribution in [2.24, 2.45) is 11.7 Å². The van der Waals surface area contributed by atoms with Crippen LogP contribution in [0.15, 0.2) is 24.3 Å². The first-order valence-electron chi connectivity index (χ1n) is 7.79. The highest BCUT2D eigenvalue weighted by Crippen LogP contribution is 2.10. The zero-order valence-corrected chi connectivity index (χ0v) is 16.2. The van der Waals surface area contributed by atoms with E-state index in [-0.39, 0.29) is 30.7 Å². The van der Waals surface area contributed by atoms with Crippen molar-refractivity contribution in [1.82, 2.24) is 10.2 Å². The van der Waals surface area contributed by atoms with Crippen LogP contribution in [0.2, 0.25) is 0 Å². The molecule has 0 aliphatic heterocycles. The lowest BCUT2D eigenvalue weighted by atomic mass is 10.1. The van der Waals surface area contributed by atoms with Crippen molar-refractivity contribution < 1.29 is 4.79 Å². The maximum atomic E-state index is 12.0. The molecule has 0 aromatic heterocycles. The summed E-state index contributed by atoms with van der Waals surface area (Å²) in [5.74, 6) is 0.274. The fourth-order valence-electron chi connectivity index (χ4n) is 2.11. The highest BCUT2D eigenvalue weighted by atomic mass is 35.5. The summed E-state index contributed by atoms with van der Waals surface area (Å²) in [6, 6.07) is 8.38. The zero-order chi connectivity index (χ0) is 15.8. The van der Waals surface area contributed by atoms with Crippen LogP contribution in [0, 0.1) is 5.92 Å². The molecular formula is C17H31Cl2N3O. The van der Waals surface area contributed by atoms with E-state index >= 15 is 0 Å². The molecule has 0 saturated carbocycles. The summed E-state index contributed by atoms with van der Waals surface area (Å²) in [6.45, 7) is 11.7. The van der Waals surface area contributed by atoms with E-state index in [0.717, 1.165) is 13.1 Å². The van der Waals surface area contributed by atoms with Gasteiger partial charge in [0.1, 0.15) is 0 Å². The van der Waals surface area contributed by atoms with Gasteiger partial charge in [-0.15, -0.1) is 24.8 Å². The number of hydrogen-bond donors (Lipinski definition) is 2. The number of rotatable bonds is 8. The quantitative estimate of drug-likeness (QED) is 0.745. The molecule has 4 nitrogen and oxygen atoms in total. The van der Waals surface area contributed by atoms with Gasteiger partial charge >= 0.3 is 0 Å². The number of nitrogens with zero attached hydrogens (tertiary/aromatic N) is 1. The number of nitrogens with one attached hydrogen (secondary N) is 1. The molecule has 1 unspecified atom stereocenters. The van der Waals surface area contributed by atoms with Crippen LogP contribution in [0.1, 0.15) is 43.6 Å². The van der Waals surface area contributed by atoms with Crippen LogP contribution in [0.4, 0.5) is 0 Å². The van der Waals surface area contributed by atoms with Crippen LogP contribution in [0.5, 0.6) is 0 Å². The third-order valence-electron chi connectivity index (χ3n) is 3.75. The van der Waals surface area contributed by atoms with Gasteiger partial charge < -0.3 is 11.1 Å². The molecule has 0 aliphatic rings. The van der Waals surface area contributed by atoms with Gasteiger partial charge in [-0.3, -0.25) is 9.69 Å². The largest absolute Gasteiger partial charge is 0.352 e. The Hall–Kier alpha value is -0.810. The second-order valence-electron chi connectivity index (χ2n) is 5.90. The number of carbonyl (C=O) groups is 1. The Morgan fingerprint density at radius 1 is 1.17 bits per heavy atom. The standard InChI is InChI=1S/C17H29N3O.2ClH/c1-5-20(13(2)3)12-15-6-8-16(9-7-15)17(21)19-11-14(4)10-18;;/h6-9,13-14H,5,10-12,18H2,1-4H3,(H,19,21);2*1H. The molecule has 0 fully saturated rings. The van der Waals surface area contributed by atoms with Crippen molar-refractivity contribution in [3.63, 3.8) is 0 Å². The van der Waals surface area contributed by atoms with E-state index in [1.54, 1.807) is 0 Å². The van der Waals surface area contributed by atoms with Crippen LogP contribution in [-0.4, -0.2) is 36.5 Å². The van der Waals surface area contributed by atoms with Gasteiger partial charge in [0.2, 0.25) is 0 Å². The summed E-state index contributed by atoms with van der Waals surface area (Å²) in [7, 11) is 0. The third kappa shape index (κ3) is 8.56. The maximum absolute atomic E-state index is 12.0. The van der Waals surface area contributed by atoms with E-state index in [1.807, 2.05) is 31.2 Å². The molecule has 23 heavy (non-hydrogen) atoms. The maximum Gasteiger partial charge on any atom is 0.251 e. The highest BCUT2D eigenvalue weighted by molar-refractivity contribution is 5.94. The Balaban J connectivity index is 0. The monoisotopic (exact) mass is 363 g/mol. The molecule has 0 spiro atoms. The first kappa shape index (κ1) is 24.4. The van der Waals surface area contributed by atoms with E-state index < -0.39 is 0 Å². The summed E-state index contributed by atoms with van der Waals surface area (Å²) in [5, 5.41) is 2.91. The molecule has 3 N–H and O–H groups in total. The number of hydrogen-bond acceptors (Lipinski definition) is 3. The number of carbonyl (C=O) groups excluding carboxylic acids is 1. The molecular weight excluding hydrogens is 333 g/mol. The van der Waals surface area contributed by atoms with Crippen LogP contribution in [-0.2, 0) is 6.54 Å².